The zero-order valence-electron chi connectivity index (χ0n) is 14.4. The molecule has 2 atom stereocenters. The first-order valence-corrected chi connectivity index (χ1v) is 9.49. The molecule has 10 nitrogen and oxygen atoms in total. The molecule has 11 heteroatoms. The zero-order chi connectivity index (χ0) is 18.4. The maximum Gasteiger partial charge on any atom is 0.323 e. The van der Waals surface area contributed by atoms with Crippen molar-refractivity contribution in [1.29, 1.82) is 0 Å². The molecule has 0 spiro atoms. The second-order valence-electron chi connectivity index (χ2n) is 5.70. The summed E-state index contributed by atoms with van der Waals surface area (Å²) in [5, 5.41) is 2.71. The van der Waals surface area contributed by atoms with Gasteiger partial charge >= 0.3 is 5.97 Å². The van der Waals surface area contributed by atoms with E-state index in [-0.39, 0.29) is 12.5 Å². The van der Waals surface area contributed by atoms with Crippen LogP contribution in [0.4, 0.5) is 5.82 Å². The molecule has 0 aliphatic rings. The van der Waals surface area contributed by atoms with Gasteiger partial charge in [-0.1, -0.05) is 0 Å². The number of rotatable bonds is 9. The Labute approximate surface area is 146 Å². The Bertz CT molecular complexity index is 750. The fourth-order valence-corrected chi connectivity index (χ4v) is 3.08. The minimum atomic E-state index is -2.25. The maximum atomic E-state index is 11.9. The summed E-state index contributed by atoms with van der Waals surface area (Å²) in [4.78, 5) is 23.8. The predicted molar refractivity (Wildman–Crippen MR) is 93.4 cm³/mol. The van der Waals surface area contributed by atoms with Gasteiger partial charge in [-0.2, -0.15) is 0 Å². The second kappa shape index (κ2) is 8.89. The average Bonchev–Trinajstić information content (AvgIpc) is 2.95. The van der Waals surface area contributed by atoms with Gasteiger partial charge in [-0.3, -0.25) is 9.88 Å². The van der Waals surface area contributed by atoms with Crippen molar-refractivity contribution in [2.45, 2.75) is 39.5 Å². The summed E-state index contributed by atoms with van der Waals surface area (Å²) in [7, 11) is -2.25. The molecule has 2 aromatic rings. The number of hydrogen-bond donors (Lipinski definition) is 2. The number of nitrogens with one attached hydrogen (secondary N) is 1. The van der Waals surface area contributed by atoms with Crippen LogP contribution in [0.25, 0.3) is 11.2 Å². The molecular formula is C14H23N6O4P. The van der Waals surface area contributed by atoms with Crippen LogP contribution >= 0.6 is 7.95 Å². The van der Waals surface area contributed by atoms with E-state index < -0.39 is 20.0 Å². The van der Waals surface area contributed by atoms with Crippen LogP contribution in [-0.4, -0.2) is 50.6 Å². The Morgan fingerprint density at radius 3 is 2.84 bits per heavy atom. The standard InChI is InChI=1S/C14H23N6O4P/c1-9(2)24-14(21)10(3)19-25(22)8-23-5-4-20-7-18-11-12(15)16-6-17-13(11)20/h6-7,9-10,25H,4-5,8H2,1-3H3,(H,19,22)(H2,15,16,17)/t10-/m0/s1. The van der Waals surface area contributed by atoms with Gasteiger partial charge in [-0.15, -0.1) is 0 Å². The lowest BCUT2D eigenvalue weighted by molar-refractivity contribution is -0.148. The number of nitrogen functional groups attached to an aromatic ring is 1. The molecule has 2 rings (SSSR count). The fraction of sp³-hybridized carbons (Fsp3) is 0.571. The Hall–Kier alpha value is -2.03. The molecule has 2 heterocycles. The first-order valence-electron chi connectivity index (χ1n) is 7.87. The molecule has 0 aliphatic heterocycles. The number of nitrogens with zero attached hydrogens (tertiary/aromatic N) is 4. The molecule has 1 unspecified atom stereocenters. The van der Waals surface area contributed by atoms with Gasteiger partial charge in [0.1, 0.15) is 24.2 Å². The number of fused-ring (bicyclic) bond motifs is 1. The molecule has 0 fully saturated rings. The number of hydrogen-bond acceptors (Lipinski definition) is 8. The number of carbonyl (C=O) groups excluding carboxylic acids is 1. The first-order chi connectivity index (χ1) is 11.9. The summed E-state index contributed by atoms with van der Waals surface area (Å²) < 4.78 is 24.2. The van der Waals surface area contributed by atoms with Crippen molar-refractivity contribution in [3.05, 3.63) is 12.7 Å². The third-order valence-corrected chi connectivity index (χ3v) is 4.44. The Kier molecular flexibility index (Phi) is 6.86. The number of anilines is 1. The van der Waals surface area contributed by atoms with Crippen molar-refractivity contribution in [3.8, 4) is 0 Å². The third kappa shape index (κ3) is 5.48. The van der Waals surface area contributed by atoms with Gasteiger partial charge < -0.3 is 24.3 Å². The van der Waals surface area contributed by atoms with E-state index >= 15 is 0 Å². The highest BCUT2D eigenvalue weighted by Gasteiger charge is 2.17. The molecule has 0 aliphatic carbocycles. The largest absolute Gasteiger partial charge is 0.462 e. The first kappa shape index (κ1) is 19.3. The van der Waals surface area contributed by atoms with Crippen molar-refractivity contribution in [2.24, 2.45) is 0 Å². The number of ether oxygens (including phenoxy) is 2. The van der Waals surface area contributed by atoms with Crippen molar-refractivity contribution >= 4 is 30.9 Å². The van der Waals surface area contributed by atoms with Crippen molar-refractivity contribution in [2.75, 3.05) is 18.7 Å². The number of esters is 1. The van der Waals surface area contributed by atoms with Gasteiger partial charge in [0.15, 0.2) is 19.4 Å². The monoisotopic (exact) mass is 370 g/mol. The lowest BCUT2D eigenvalue weighted by Gasteiger charge is -2.15. The number of nitrogens with two attached hydrogens (primary N) is 1. The minimum absolute atomic E-state index is 0.0215. The van der Waals surface area contributed by atoms with E-state index in [0.717, 1.165) is 0 Å². The topological polar surface area (TPSA) is 134 Å². The smallest absolute Gasteiger partial charge is 0.323 e. The van der Waals surface area contributed by atoms with Gasteiger partial charge in [0.2, 0.25) is 0 Å². The molecule has 138 valence electrons. The van der Waals surface area contributed by atoms with Gasteiger partial charge in [0.05, 0.1) is 19.0 Å². The fourth-order valence-electron chi connectivity index (χ4n) is 2.07. The van der Waals surface area contributed by atoms with E-state index in [2.05, 4.69) is 20.0 Å². The van der Waals surface area contributed by atoms with E-state index in [1.165, 1.54) is 6.33 Å². The Morgan fingerprint density at radius 1 is 1.36 bits per heavy atom. The van der Waals surface area contributed by atoms with Crippen LogP contribution in [-0.2, 0) is 25.4 Å². The van der Waals surface area contributed by atoms with Crippen LogP contribution in [0.15, 0.2) is 12.7 Å². The minimum Gasteiger partial charge on any atom is -0.462 e. The molecule has 0 aromatic carbocycles. The summed E-state index contributed by atoms with van der Waals surface area (Å²) in [5.41, 5.74) is 6.88. The highest BCUT2D eigenvalue weighted by Crippen LogP contribution is 2.17. The van der Waals surface area contributed by atoms with Crippen LogP contribution in [0.5, 0.6) is 0 Å². The molecule has 0 saturated heterocycles. The van der Waals surface area contributed by atoms with Crippen LogP contribution in [0.3, 0.4) is 0 Å². The lowest BCUT2D eigenvalue weighted by Crippen LogP contribution is -2.33. The van der Waals surface area contributed by atoms with E-state index in [4.69, 9.17) is 15.2 Å². The Balaban J connectivity index is 1.74. The summed E-state index contributed by atoms with van der Waals surface area (Å²) in [6, 6.07) is -0.644. The quantitative estimate of drug-likeness (QED) is 0.373. The highest BCUT2D eigenvalue weighted by atomic mass is 31.1. The summed E-state index contributed by atoms with van der Waals surface area (Å²) in [6.45, 7) is 5.92. The number of carbonyl (C=O) groups is 1. The van der Waals surface area contributed by atoms with Gasteiger partial charge in [-0.25, -0.2) is 15.0 Å². The molecule has 3 N–H and O–H groups in total. The molecule has 0 saturated carbocycles. The Morgan fingerprint density at radius 2 is 2.12 bits per heavy atom. The van der Waals surface area contributed by atoms with Crippen LogP contribution in [0.1, 0.15) is 20.8 Å². The van der Waals surface area contributed by atoms with Gasteiger partial charge in [0, 0.05) is 6.54 Å². The second-order valence-corrected chi connectivity index (χ2v) is 7.12. The van der Waals surface area contributed by atoms with Crippen molar-refractivity contribution < 1.29 is 18.8 Å². The predicted octanol–water partition coefficient (Wildman–Crippen LogP) is 0.787. The van der Waals surface area contributed by atoms with Crippen LogP contribution < -0.4 is 10.8 Å². The summed E-state index contributed by atoms with van der Waals surface area (Å²) in [5.74, 6) is -0.114. The highest BCUT2D eigenvalue weighted by molar-refractivity contribution is 7.42. The van der Waals surface area contributed by atoms with Crippen molar-refractivity contribution in [1.82, 2.24) is 24.6 Å². The lowest BCUT2D eigenvalue weighted by atomic mass is 10.4. The molecular weight excluding hydrogens is 347 g/mol. The van der Waals surface area contributed by atoms with E-state index in [0.29, 0.717) is 30.1 Å². The third-order valence-electron chi connectivity index (χ3n) is 3.22. The van der Waals surface area contributed by atoms with Crippen LogP contribution in [0.2, 0.25) is 0 Å². The normalized spacial score (nSPS) is 13.9. The van der Waals surface area contributed by atoms with E-state index in [9.17, 15) is 9.36 Å². The van der Waals surface area contributed by atoms with E-state index in [1.807, 2.05) is 0 Å². The summed E-state index contributed by atoms with van der Waals surface area (Å²) in [6.07, 6.45) is 2.79. The molecule has 2 aromatic heterocycles. The molecule has 25 heavy (non-hydrogen) atoms. The number of aromatic nitrogens is 4. The SMILES string of the molecule is CC(C)OC(=O)[C@H](C)N[PH](=O)COCCn1cnc2c(N)ncnc21. The molecule has 0 radical (unpaired) electrons. The summed E-state index contributed by atoms with van der Waals surface area (Å²) >= 11 is 0. The van der Waals surface area contributed by atoms with Crippen LogP contribution in [0, 0.1) is 0 Å². The average molecular weight is 370 g/mol. The number of imidazole rings is 1. The zero-order valence-corrected chi connectivity index (χ0v) is 15.4. The van der Waals surface area contributed by atoms with Gasteiger partial charge in [0.25, 0.3) is 0 Å². The molecule has 0 bridgehead atoms. The van der Waals surface area contributed by atoms with Crippen molar-refractivity contribution in [3.63, 3.8) is 0 Å². The van der Waals surface area contributed by atoms with E-state index in [1.54, 1.807) is 31.7 Å². The molecule has 0 amide bonds. The maximum absolute atomic E-state index is 11.9. The van der Waals surface area contributed by atoms with Gasteiger partial charge in [-0.05, 0) is 20.8 Å².